The minimum Gasteiger partial charge on any atom is -0.496 e. The third-order valence-corrected chi connectivity index (χ3v) is 1.88. The van der Waals surface area contributed by atoms with Crippen molar-refractivity contribution in [3.05, 3.63) is 23.8 Å². The molecule has 5 heteroatoms. The quantitative estimate of drug-likeness (QED) is 0.374. The summed E-state index contributed by atoms with van der Waals surface area (Å²) in [5.74, 6) is 5.67. The van der Waals surface area contributed by atoms with E-state index >= 15 is 0 Å². The molecule has 0 aromatic heterocycles. The monoisotopic (exact) mass is 195 g/mol. The fourth-order valence-electron chi connectivity index (χ4n) is 1.13. The summed E-state index contributed by atoms with van der Waals surface area (Å²) in [7, 11) is 1.58. The fourth-order valence-corrected chi connectivity index (χ4v) is 1.13. The van der Waals surface area contributed by atoms with Gasteiger partial charge in [-0.3, -0.25) is 5.43 Å². The summed E-state index contributed by atoms with van der Waals surface area (Å²) >= 11 is 0. The summed E-state index contributed by atoms with van der Waals surface area (Å²) in [5, 5.41) is 2.58. The van der Waals surface area contributed by atoms with Gasteiger partial charge in [0.1, 0.15) is 5.75 Å². The highest BCUT2D eigenvalue weighted by molar-refractivity contribution is 5.90. The largest absolute Gasteiger partial charge is 0.496 e. The van der Waals surface area contributed by atoms with Gasteiger partial charge >= 0.3 is 6.03 Å². The molecule has 0 aliphatic rings. The van der Waals surface area contributed by atoms with E-state index in [0.29, 0.717) is 5.69 Å². The first-order valence-corrected chi connectivity index (χ1v) is 4.10. The summed E-state index contributed by atoms with van der Waals surface area (Å²) < 4.78 is 5.10. The number of hydrogen-bond acceptors (Lipinski definition) is 3. The summed E-state index contributed by atoms with van der Waals surface area (Å²) in [5.41, 5.74) is 3.52. The number of anilines is 1. The van der Waals surface area contributed by atoms with Gasteiger partial charge in [-0.2, -0.15) is 0 Å². The number of nitrogens with two attached hydrogens (primary N) is 1. The average molecular weight is 195 g/mol. The molecule has 0 heterocycles. The molecule has 0 atom stereocenters. The second-order valence-corrected chi connectivity index (χ2v) is 2.73. The van der Waals surface area contributed by atoms with Crippen LogP contribution in [0.1, 0.15) is 5.56 Å². The van der Waals surface area contributed by atoms with Crippen molar-refractivity contribution in [2.24, 2.45) is 5.84 Å². The van der Waals surface area contributed by atoms with Crippen LogP contribution < -0.4 is 21.3 Å². The van der Waals surface area contributed by atoms with Gasteiger partial charge in [0.05, 0.1) is 7.11 Å². The SMILES string of the molecule is COc1cccc(NC(=O)NN)c1C. The molecular formula is C9H13N3O2. The van der Waals surface area contributed by atoms with Gasteiger partial charge < -0.3 is 10.1 Å². The first kappa shape index (κ1) is 10.3. The molecule has 0 saturated heterocycles. The Hall–Kier alpha value is -1.75. The van der Waals surface area contributed by atoms with Crippen molar-refractivity contribution in [2.75, 3.05) is 12.4 Å². The van der Waals surface area contributed by atoms with Gasteiger partial charge in [0, 0.05) is 11.3 Å². The predicted octanol–water partition coefficient (Wildman–Crippen LogP) is 0.999. The zero-order chi connectivity index (χ0) is 10.6. The van der Waals surface area contributed by atoms with Crippen LogP contribution in [0.3, 0.4) is 0 Å². The van der Waals surface area contributed by atoms with Gasteiger partial charge in [-0.15, -0.1) is 0 Å². The van der Waals surface area contributed by atoms with Gasteiger partial charge in [-0.1, -0.05) is 6.07 Å². The van der Waals surface area contributed by atoms with Crippen LogP contribution >= 0.6 is 0 Å². The minimum absolute atomic E-state index is 0.457. The molecule has 5 nitrogen and oxygen atoms in total. The Morgan fingerprint density at radius 2 is 2.21 bits per heavy atom. The van der Waals surface area contributed by atoms with Crippen LogP contribution in [0, 0.1) is 6.92 Å². The van der Waals surface area contributed by atoms with Crippen LogP contribution in [0.25, 0.3) is 0 Å². The normalized spacial score (nSPS) is 9.36. The smallest absolute Gasteiger partial charge is 0.333 e. The van der Waals surface area contributed by atoms with Crippen molar-refractivity contribution < 1.29 is 9.53 Å². The van der Waals surface area contributed by atoms with Crippen LogP contribution in [0.15, 0.2) is 18.2 Å². The fraction of sp³-hybridized carbons (Fsp3) is 0.222. The molecule has 0 spiro atoms. The minimum atomic E-state index is -0.457. The lowest BCUT2D eigenvalue weighted by Gasteiger charge is -2.10. The number of ether oxygens (including phenoxy) is 1. The molecule has 4 N–H and O–H groups in total. The highest BCUT2D eigenvalue weighted by Crippen LogP contribution is 2.24. The maximum absolute atomic E-state index is 10.9. The molecule has 1 aromatic rings. The lowest BCUT2D eigenvalue weighted by molar-refractivity contribution is 0.252. The summed E-state index contributed by atoms with van der Waals surface area (Å²) in [6.07, 6.45) is 0. The molecule has 2 amide bonds. The number of hydrogen-bond donors (Lipinski definition) is 3. The molecule has 0 saturated carbocycles. The number of carbonyl (C=O) groups excluding carboxylic acids is 1. The molecule has 0 unspecified atom stereocenters. The zero-order valence-electron chi connectivity index (χ0n) is 8.13. The van der Waals surface area contributed by atoms with Crippen LogP contribution in [0.4, 0.5) is 10.5 Å². The molecule has 0 bridgehead atoms. The number of methoxy groups -OCH3 is 1. The Kier molecular flexibility index (Phi) is 3.30. The van der Waals surface area contributed by atoms with Crippen LogP contribution in [0.5, 0.6) is 5.75 Å². The highest BCUT2D eigenvalue weighted by atomic mass is 16.5. The van der Waals surface area contributed by atoms with E-state index in [1.807, 2.05) is 18.4 Å². The van der Waals surface area contributed by atoms with Crippen molar-refractivity contribution in [1.29, 1.82) is 0 Å². The molecular weight excluding hydrogens is 182 g/mol. The lowest BCUT2D eigenvalue weighted by Crippen LogP contribution is -2.34. The summed E-state index contributed by atoms with van der Waals surface area (Å²) in [6, 6.07) is 4.92. The maximum atomic E-state index is 10.9. The topological polar surface area (TPSA) is 76.4 Å². The van der Waals surface area contributed by atoms with Crippen LogP contribution in [-0.4, -0.2) is 13.1 Å². The van der Waals surface area contributed by atoms with E-state index in [4.69, 9.17) is 10.6 Å². The number of amides is 2. The van der Waals surface area contributed by atoms with E-state index in [9.17, 15) is 4.79 Å². The molecule has 14 heavy (non-hydrogen) atoms. The molecule has 1 rings (SSSR count). The van der Waals surface area contributed by atoms with Crippen molar-refractivity contribution >= 4 is 11.7 Å². The van der Waals surface area contributed by atoms with Crippen molar-refractivity contribution in [3.63, 3.8) is 0 Å². The van der Waals surface area contributed by atoms with Gasteiger partial charge in [-0.25, -0.2) is 10.6 Å². The maximum Gasteiger partial charge on any atom is 0.333 e. The van der Waals surface area contributed by atoms with Crippen molar-refractivity contribution in [2.45, 2.75) is 6.92 Å². The third-order valence-electron chi connectivity index (χ3n) is 1.88. The Morgan fingerprint density at radius 1 is 1.50 bits per heavy atom. The van der Waals surface area contributed by atoms with Gasteiger partial charge in [0.2, 0.25) is 0 Å². The van der Waals surface area contributed by atoms with Gasteiger partial charge in [-0.05, 0) is 19.1 Å². The Labute approximate surface area is 82.2 Å². The molecule has 1 aromatic carbocycles. The molecule has 76 valence electrons. The number of carbonyl (C=O) groups is 1. The predicted molar refractivity (Wildman–Crippen MR) is 54.1 cm³/mol. The van der Waals surface area contributed by atoms with E-state index in [1.54, 1.807) is 19.2 Å². The Morgan fingerprint density at radius 3 is 2.79 bits per heavy atom. The Balaban J connectivity index is 2.92. The second-order valence-electron chi connectivity index (χ2n) is 2.73. The van der Waals surface area contributed by atoms with E-state index in [0.717, 1.165) is 11.3 Å². The van der Waals surface area contributed by atoms with Crippen LogP contribution in [0.2, 0.25) is 0 Å². The standard InChI is InChI=1S/C9H13N3O2/c1-6-7(11-9(13)12-10)4-3-5-8(6)14-2/h3-5H,10H2,1-2H3,(H2,11,12,13). The van der Waals surface area contributed by atoms with Crippen molar-refractivity contribution in [3.8, 4) is 5.75 Å². The molecule has 0 fully saturated rings. The Bertz CT molecular complexity index is 339. The molecule has 0 radical (unpaired) electrons. The number of benzene rings is 1. The summed E-state index contributed by atoms with van der Waals surface area (Å²) in [4.78, 5) is 10.9. The number of urea groups is 1. The van der Waals surface area contributed by atoms with E-state index in [2.05, 4.69) is 5.32 Å². The van der Waals surface area contributed by atoms with E-state index in [1.165, 1.54) is 0 Å². The number of hydrazine groups is 1. The summed E-state index contributed by atoms with van der Waals surface area (Å²) in [6.45, 7) is 1.85. The first-order chi connectivity index (χ1) is 6.69. The zero-order valence-corrected chi connectivity index (χ0v) is 8.13. The van der Waals surface area contributed by atoms with Gasteiger partial charge in [0.15, 0.2) is 0 Å². The third kappa shape index (κ3) is 2.14. The van der Waals surface area contributed by atoms with E-state index in [-0.39, 0.29) is 0 Å². The lowest BCUT2D eigenvalue weighted by atomic mass is 10.2. The van der Waals surface area contributed by atoms with Gasteiger partial charge in [0.25, 0.3) is 0 Å². The highest BCUT2D eigenvalue weighted by Gasteiger charge is 2.05. The molecule has 0 aliphatic heterocycles. The second kappa shape index (κ2) is 4.48. The number of nitrogens with one attached hydrogen (secondary N) is 2. The average Bonchev–Trinajstić information content (AvgIpc) is 2.21. The van der Waals surface area contributed by atoms with Crippen LogP contribution in [-0.2, 0) is 0 Å². The number of rotatable bonds is 2. The molecule has 0 aliphatic carbocycles. The van der Waals surface area contributed by atoms with Crippen molar-refractivity contribution in [1.82, 2.24) is 5.43 Å². The first-order valence-electron chi connectivity index (χ1n) is 4.10. The van der Waals surface area contributed by atoms with E-state index < -0.39 is 6.03 Å².